The quantitative estimate of drug-likeness (QED) is 0.838. The van der Waals surface area contributed by atoms with Gasteiger partial charge in [0.1, 0.15) is 0 Å². The largest absolute Gasteiger partial charge is 0.493 e. The van der Waals surface area contributed by atoms with Crippen LogP contribution in [0.5, 0.6) is 11.5 Å². The Bertz CT molecular complexity index is 713. The van der Waals surface area contributed by atoms with Crippen molar-refractivity contribution in [2.24, 2.45) is 0 Å². The molecule has 0 aliphatic carbocycles. The minimum absolute atomic E-state index is 0.0381. The number of hydrogen-bond donors (Lipinski definition) is 0. The van der Waals surface area contributed by atoms with E-state index in [0.717, 1.165) is 5.56 Å². The Morgan fingerprint density at radius 1 is 1.30 bits per heavy atom. The Balaban J connectivity index is 1.72. The van der Waals surface area contributed by atoms with Gasteiger partial charge in [-0.1, -0.05) is 11.2 Å². The summed E-state index contributed by atoms with van der Waals surface area (Å²) < 4.78 is 15.7. The van der Waals surface area contributed by atoms with Crippen LogP contribution in [0.15, 0.2) is 22.7 Å². The molecule has 1 unspecified atom stereocenters. The van der Waals surface area contributed by atoms with Crippen molar-refractivity contribution >= 4 is 5.91 Å². The summed E-state index contributed by atoms with van der Waals surface area (Å²) in [6.07, 6.45) is 0.398. The highest BCUT2D eigenvalue weighted by Crippen LogP contribution is 2.31. The van der Waals surface area contributed by atoms with E-state index >= 15 is 0 Å². The number of carbonyl (C=O) groups is 1. The van der Waals surface area contributed by atoms with E-state index in [2.05, 4.69) is 10.1 Å². The van der Waals surface area contributed by atoms with Gasteiger partial charge in [-0.15, -0.1) is 0 Å². The molecule has 1 aliphatic heterocycles. The fourth-order valence-corrected chi connectivity index (χ4v) is 2.77. The highest BCUT2D eigenvalue weighted by molar-refractivity contribution is 5.79. The minimum Gasteiger partial charge on any atom is -0.493 e. The highest BCUT2D eigenvalue weighted by Gasteiger charge is 2.34. The first-order valence-corrected chi connectivity index (χ1v) is 7.39. The van der Waals surface area contributed by atoms with Crippen LogP contribution in [0.4, 0.5) is 0 Å². The molecule has 0 radical (unpaired) electrons. The van der Waals surface area contributed by atoms with Gasteiger partial charge in [0, 0.05) is 19.5 Å². The van der Waals surface area contributed by atoms with Gasteiger partial charge in [-0.05, 0) is 24.6 Å². The lowest BCUT2D eigenvalue weighted by atomic mass is 10.1. The molecule has 23 heavy (non-hydrogen) atoms. The van der Waals surface area contributed by atoms with E-state index in [1.165, 1.54) is 0 Å². The van der Waals surface area contributed by atoms with Crippen LogP contribution in [0, 0.1) is 6.92 Å². The molecule has 0 N–H and O–H groups in total. The maximum atomic E-state index is 12.2. The zero-order valence-electron chi connectivity index (χ0n) is 13.4. The first kappa shape index (κ1) is 15.3. The van der Waals surface area contributed by atoms with Gasteiger partial charge < -0.3 is 18.9 Å². The van der Waals surface area contributed by atoms with E-state index in [1.54, 1.807) is 26.0 Å². The molecule has 2 aromatic rings. The van der Waals surface area contributed by atoms with Crippen LogP contribution in [0.2, 0.25) is 0 Å². The van der Waals surface area contributed by atoms with Crippen molar-refractivity contribution in [2.75, 3.05) is 20.8 Å². The topological polar surface area (TPSA) is 77.7 Å². The van der Waals surface area contributed by atoms with E-state index in [4.69, 9.17) is 14.0 Å². The van der Waals surface area contributed by atoms with E-state index in [-0.39, 0.29) is 11.8 Å². The van der Waals surface area contributed by atoms with Crippen LogP contribution in [0.3, 0.4) is 0 Å². The summed E-state index contributed by atoms with van der Waals surface area (Å²) in [5.41, 5.74) is 0.985. The van der Waals surface area contributed by atoms with Crippen LogP contribution < -0.4 is 9.47 Å². The van der Waals surface area contributed by atoms with Crippen molar-refractivity contribution < 1.29 is 18.8 Å². The predicted octanol–water partition coefficient (Wildman–Crippen LogP) is 1.91. The van der Waals surface area contributed by atoms with Crippen molar-refractivity contribution in [1.29, 1.82) is 0 Å². The van der Waals surface area contributed by atoms with Crippen molar-refractivity contribution in [2.45, 2.75) is 25.8 Å². The number of carbonyl (C=O) groups excluding carboxylic acids is 1. The molecule has 0 saturated carbocycles. The van der Waals surface area contributed by atoms with Gasteiger partial charge in [0.05, 0.1) is 20.1 Å². The maximum absolute atomic E-state index is 12.2. The van der Waals surface area contributed by atoms with Crippen LogP contribution in [0.25, 0.3) is 0 Å². The summed E-state index contributed by atoms with van der Waals surface area (Å²) in [4.78, 5) is 18.2. The lowest BCUT2D eigenvalue weighted by Crippen LogP contribution is -2.24. The third-order valence-corrected chi connectivity index (χ3v) is 3.93. The molecule has 1 amide bonds. The Morgan fingerprint density at radius 2 is 2.09 bits per heavy atom. The number of hydrogen-bond acceptors (Lipinski definition) is 6. The van der Waals surface area contributed by atoms with Gasteiger partial charge in [-0.2, -0.15) is 4.98 Å². The number of nitrogens with zero attached hydrogens (tertiary/aromatic N) is 3. The molecule has 7 nitrogen and oxygen atoms in total. The minimum atomic E-state index is -0.0381. The smallest absolute Gasteiger partial charge is 0.232 e. The van der Waals surface area contributed by atoms with Crippen molar-refractivity contribution in [1.82, 2.24) is 15.0 Å². The van der Waals surface area contributed by atoms with Crippen molar-refractivity contribution in [3.05, 3.63) is 35.5 Å². The number of benzene rings is 1. The number of aryl methyl sites for hydroxylation is 1. The monoisotopic (exact) mass is 317 g/mol. The summed E-state index contributed by atoms with van der Waals surface area (Å²) in [7, 11) is 3.19. The first-order valence-electron chi connectivity index (χ1n) is 7.39. The Labute approximate surface area is 134 Å². The van der Waals surface area contributed by atoms with Gasteiger partial charge in [-0.3, -0.25) is 4.79 Å². The van der Waals surface area contributed by atoms with Crippen molar-refractivity contribution in [3.8, 4) is 11.5 Å². The lowest BCUT2D eigenvalue weighted by molar-refractivity contribution is -0.128. The van der Waals surface area contributed by atoms with Gasteiger partial charge in [0.25, 0.3) is 0 Å². The average Bonchev–Trinajstić information content (AvgIpc) is 3.13. The number of aromatic nitrogens is 2. The highest BCUT2D eigenvalue weighted by atomic mass is 16.5. The van der Waals surface area contributed by atoms with Gasteiger partial charge >= 0.3 is 0 Å². The standard InChI is InChI=1S/C16H19N3O4/c1-10-17-16(23-18-10)12-7-15(20)19(9-12)8-11-4-5-13(21-2)14(6-11)22-3/h4-6,12H,7-9H2,1-3H3. The number of likely N-dealkylation sites (tertiary alicyclic amines) is 1. The van der Waals surface area contributed by atoms with Gasteiger partial charge in [0.15, 0.2) is 17.3 Å². The maximum Gasteiger partial charge on any atom is 0.232 e. The fourth-order valence-electron chi connectivity index (χ4n) is 2.77. The Hall–Kier alpha value is -2.57. The van der Waals surface area contributed by atoms with E-state index in [1.807, 2.05) is 18.2 Å². The van der Waals surface area contributed by atoms with E-state index < -0.39 is 0 Å². The van der Waals surface area contributed by atoms with Gasteiger partial charge in [0.2, 0.25) is 11.8 Å². The molecule has 7 heteroatoms. The molecule has 2 heterocycles. The molecule has 1 atom stereocenters. The average molecular weight is 317 g/mol. The molecule has 1 aromatic carbocycles. The van der Waals surface area contributed by atoms with Gasteiger partial charge in [-0.25, -0.2) is 0 Å². The zero-order valence-corrected chi connectivity index (χ0v) is 13.4. The number of amides is 1. The lowest BCUT2D eigenvalue weighted by Gasteiger charge is -2.17. The summed E-state index contributed by atoms with van der Waals surface area (Å²) >= 11 is 0. The SMILES string of the molecule is COc1ccc(CN2CC(c3nc(C)no3)CC2=O)cc1OC. The number of ether oxygens (including phenoxy) is 2. The van der Waals surface area contributed by atoms with Crippen molar-refractivity contribution in [3.63, 3.8) is 0 Å². The summed E-state index contributed by atoms with van der Waals surface area (Å²) in [6, 6.07) is 5.66. The normalized spacial score (nSPS) is 17.6. The second-order valence-electron chi connectivity index (χ2n) is 5.54. The van der Waals surface area contributed by atoms with Crippen LogP contribution >= 0.6 is 0 Å². The molecule has 0 bridgehead atoms. The number of methoxy groups -OCH3 is 2. The molecule has 1 saturated heterocycles. The Morgan fingerprint density at radius 3 is 2.74 bits per heavy atom. The molecule has 122 valence electrons. The summed E-state index contributed by atoms with van der Waals surface area (Å²) in [6.45, 7) is 2.86. The third kappa shape index (κ3) is 3.13. The fraction of sp³-hybridized carbons (Fsp3) is 0.438. The van der Waals surface area contributed by atoms with Crippen LogP contribution in [0.1, 0.15) is 29.6 Å². The zero-order chi connectivity index (χ0) is 16.4. The predicted molar refractivity (Wildman–Crippen MR) is 81.4 cm³/mol. The molecule has 0 spiro atoms. The second-order valence-corrected chi connectivity index (χ2v) is 5.54. The van der Waals surface area contributed by atoms with Crippen LogP contribution in [-0.4, -0.2) is 41.7 Å². The van der Waals surface area contributed by atoms with E-state index in [0.29, 0.717) is 42.7 Å². The molecule has 1 fully saturated rings. The second kappa shape index (κ2) is 6.28. The van der Waals surface area contributed by atoms with E-state index in [9.17, 15) is 4.79 Å². The molecular formula is C16H19N3O4. The first-order chi connectivity index (χ1) is 11.1. The Kier molecular flexibility index (Phi) is 4.18. The molecule has 1 aliphatic rings. The molecule has 3 rings (SSSR count). The summed E-state index contributed by atoms with van der Waals surface area (Å²) in [5.74, 6) is 2.49. The van der Waals surface area contributed by atoms with Crippen LogP contribution in [-0.2, 0) is 11.3 Å². The summed E-state index contributed by atoms with van der Waals surface area (Å²) in [5, 5.41) is 3.79. The number of rotatable bonds is 5. The third-order valence-electron chi connectivity index (χ3n) is 3.93. The molecular weight excluding hydrogens is 298 g/mol. The molecule has 1 aromatic heterocycles.